The zero-order chi connectivity index (χ0) is 36.3. The summed E-state index contributed by atoms with van der Waals surface area (Å²) >= 11 is 0. The first kappa shape index (κ1) is 47.9. The number of quaternary nitrogens is 1. The van der Waals surface area contributed by atoms with Crippen LogP contribution in [-0.4, -0.2) is 61.1 Å². The molecule has 0 aliphatic carbocycles. The Labute approximate surface area is 305 Å². The van der Waals surface area contributed by atoms with Crippen LogP contribution < -0.4 is 0 Å². The zero-order valence-corrected chi connectivity index (χ0v) is 33.7. The molecule has 0 aliphatic heterocycles. The number of hydrogen-bond acceptors (Lipinski definition) is 5. The van der Waals surface area contributed by atoms with E-state index in [0.717, 1.165) is 38.5 Å². The van der Waals surface area contributed by atoms with Gasteiger partial charge in [-0.2, -0.15) is 0 Å². The third-order valence-corrected chi connectivity index (χ3v) is 10.5. The lowest BCUT2D eigenvalue weighted by molar-refractivity contribution is -0.937. The minimum Gasteiger partial charge on any atom is -0.449 e. The topological polar surface area (TPSA) is 72.8 Å². The van der Waals surface area contributed by atoms with E-state index in [9.17, 15) is 14.7 Å². The number of nitrogens with zero attached hydrogens (tertiary/aromatic N) is 1. The third kappa shape index (κ3) is 30.2. The summed E-state index contributed by atoms with van der Waals surface area (Å²) in [6.07, 6.45) is 37.6. The fourth-order valence-electron chi connectivity index (χ4n) is 6.74. The fraction of sp³-hybridized carbons (Fsp3) is 0.953. The van der Waals surface area contributed by atoms with Crippen molar-refractivity contribution >= 4 is 11.9 Å². The molecule has 292 valence electrons. The third-order valence-electron chi connectivity index (χ3n) is 10.5. The van der Waals surface area contributed by atoms with E-state index in [2.05, 4.69) is 13.8 Å². The molecular weight excluding hydrogens is 610 g/mol. The molecule has 6 nitrogen and oxygen atoms in total. The Hall–Kier alpha value is -1.14. The van der Waals surface area contributed by atoms with Crippen molar-refractivity contribution in [2.24, 2.45) is 0 Å². The molecule has 6 heteroatoms. The molecule has 1 N–H and O–H groups in total. The highest BCUT2D eigenvalue weighted by Crippen LogP contribution is 2.20. The van der Waals surface area contributed by atoms with Crippen LogP contribution in [0.25, 0.3) is 0 Å². The number of rotatable bonds is 38. The lowest BCUT2D eigenvalue weighted by atomic mass is 10.0. The number of carbonyl (C=O) groups is 2. The van der Waals surface area contributed by atoms with E-state index in [-0.39, 0.29) is 18.5 Å². The van der Waals surface area contributed by atoms with E-state index in [1.54, 1.807) is 0 Å². The molecular formula is C43H86NO5+. The van der Waals surface area contributed by atoms with Gasteiger partial charge in [0.2, 0.25) is 6.10 Å². The first-order valence-electron chi connectivity index (χ1n) is 21.6. The SMILES string of the molecule is CCCCCCCCCCCCCCCCCC(=O)OC(CO)C(OC(=O)CCCCCCCCCCCCCCCCC)[N+](C)(C)CC. The van der Waals surface area contributed by atoms with Crippen LogP contribution in [0.1, 0.15) is 226 Å². The van der Waals surface area contributed by atoms with Crippen molar-refractivity contribution in [2.45, 2.75) is 239 Å². The number of carbonyl (C=O) groups excluding carboxylic acids is 2. The van der Waals surface area contributed by atoms with Crippen molar-refractivity contribution in [1.82, 2.24) is 0 Å². The van der Waals surface area contributed by atoms with E-state index in [1.807, 2.05) is 21.0 Å². The van der Waals surface area contributed by atoms with Crippen molar-refractivity contribution < 1.29 is 28.7 Å². The smallest absolute Gasteiger partial charge is 0.310 e. The molecule has 0 amide bonds. The maximum atomic E-state index is 12.8. The molecule has 0 fully saturated rings. The van der Waals surface area contributed by atoms with Crippen LogP contribution in [0.15, 0.2) is 0 Å². The lowest BCUT2D eigenvalue weighted by Crippen LogP contribution is -2.58. The second-order valence-electron chi connectivity index (χ2n) is 15.6. The van der Waals surface area contributed by atoms with Crippen LogP contribution in [0.3, 0.4) is 0 Å². The van der Waals surface area contributed by atoms with Crippen LogP contribution in [0.4, 0.5) is 0 Å². The Bertz CT molecular complexity index is 727. The minimum atomic E-state index is -0.858. The summed E-state index contributed by atoms with van der Waals surface area (Å²) in [7, 11) is 3.91. The van der Waals surface area contributed by atoms with Gasteiger partial charge >= 0.3 is 11.9 Å². The molecule has 0 saturated heterocycles. The molecule has 0 aliphatic rings. The summed E-state index contributed by atoms with van der Waals surface area (Å²) in [6.45, 7) is 6.89. The van der Waals surface area contributed by atoms with Gasteiger partial charge in [-0.15, -0.1) is 0 Å². The monoisotopic (exact) mass is 697 g/mol. The summed E-state index contributed by atoms with van der Waals surface area (Å²) in [4.78, 5) is 25.5. The van der Waals surface area contributed by atoms with Gasteiger partial charge in [-0.3, -0.25) is 14.1 Å². The highest BCUT2D eigenvalue weighted by atomic mass is 16.6. The second kappa shape index (κ2) is 35.3. The van der Waals surface area contributed by atoms with E-state index in [1.165, 1.54) is 154 Å². The summed E-state index contributed by atoms with van der Waals surface area (Å²) in [6, 6.07) is 0. The highest BCUT2D eigenvalue weighted by molar-refractivity contribution is 5.70. The first-order valence-corrected chi connectivity index (χ1v) is 21.6. The first-order chi connectivity index (χ1) is 23.8. The van der Waals surface area contributed by atoms with Crippen LogP contribution in [0, 0.1) is 0 Å². The summed E-state index contributed by atoms with van der Waals surface area (Å²) in [5, 5.41) is 10.2. The lowest BCUT2D eigenvalue weighted by Gasteiger charge is -2.39. The van der Waals surface area contributed by atoms with Gasteiger partial charge in [-0.25, -0.2) is 0 Å². The Kier molecular flexibility index (Phi) is 34.5. The summed E-state index contributed by atoms with van der Waals surface area (Å²) in [5.41, 5.74) is 0. The van der Waals surface area contributed by atoms with Gasteiger partial charge in [-0.05, 0) is 19.8 Å². The molecule has 49 heavy (non-hydrogen) atoms. The Morgan fingerprint density at radius 2 is 0.714 bits per heavy atom. The summed E-state index contributed by atoms with van der Waals surface area (Å²) in [5.74, 6) is -0.579. The molecule has 0 bridgehead atoms. The van der Waals surface area contributed by atoms with Crippen molar-refractivity contribution in [3.63, 3.8) is 0 Å². The van der Waals surface area contributed by atoms with Crippen molar-refractivity contribution in [2.75, 3.05) is 27.2 Å². The quantitative estimate of drug-likeness (QED) is 0.0301. The molecule has 0 saturated carbocycles. The van der Waals surface area contributed by atoms with E-state index in [4.69, 9.17) is 9.47 Å². The zero-order valence-electron chi connectivity index (χ0n) is 33.7. The average molecular weight is 697 g/mol. The normalized spacial score (nSPS) is 13.0. The molecule has 2 atom stereocenters. The van der Waals surface area contributed by atoms with Crippen LogP contribution in [0.2, 0.25) is 0 Å². The van der Waals surface area contributed by atoms with Gasteiger partial charge in [0.25, 0.3) is 6.23 Å². The van der Waals surface area contributed by atoms with Crippen LogP contribution in [-0.2, 0) is 19.1 Å². The molecule has 2 unspecified atom stereocenters. The number of unbranched alkanes of at least 4 members (excludes halogenated alkanes) is 28. The molecule has 0 spiro atoms. The Balaban J connectivity index is 4.09. The van der Waals surface area contributed by atoms with Crippen molar-refractivity contribution in [3.05, 3.63) is 0 Å². The molecule has 0 radical (unpaired) electrons. The largest absolute Gasteiger partial charge is 0.449 e. The van der Waals surface area contributed by atoms with Crippen molar-refractivity contribution in [1.29, 1.82) is 0 Å². The number of hydrogen-bond donors (Lipinski definition) is 1. The van der Waals surface area contributed by atoms with Crippen molar-refractivity contribution in [3.8, 4) is 0 Å². The standard InChI is InChI=1S/C43H86NO5/c1-6-9-11-13-15-17-19-21-23-25-27-29-31-33-35-37-41(46)48-40(39-45)43(44(4,5)8-3)49-42(47)38-36-34-32-30-28-26-24-22-20-18-16-14-12-10-7-2/h40,43,45H,6-39H2,1-5H3/q+1. The van der Waals surface area contributed by atoms with Gasteiger partial charge in [0.1, 0.15) is 0 Å². The van der Waals surface area contributed by atoms with Crippen LogP contribution in [0.5, 0.6) is 0 Å². The number of ether oxygens (including phenoxy) is 2. The van der Waals surface area contributed by atoms with Crippen LogP contribution >= 0.6 is 0 Å². The fourth-order valence-corrected chi connectivity index (χ4v) is 6.74. The molecule has 0 rings (SSSR count). The van der Waals surface area contributed by atoms with E-state index >= 15 is 0 Å². The van der Waals surface area contributed by atoms with Gasteiger partial charge in [0.05, 0.1) is 27.2 Å². The van der Waals surface area contributed by atoms with Gasteiger partial charge < -0.3 is 14.6 Å². The molecule has 0 aromatic heterocycles. The number of aliphatic hydroxyl groups is 1. The predicted octanol–water partition coefficient (Wildman–Crippen LogP) is 12.4. The predicted molar refractivity (Wildman–Crippen MR) is 209 cm³/mol. The highest BCUT2D eigenvalue weighted by Gasteiger charge is 2.40. The van der Waals surface area contributed by atoms with Gasteiger partial charge in [0, 0.05) is 12.8 Å². The maximum absolute atomic E-state index is 12.8. The van der Waals surface area contributed by atoms with E-state index in [0.29, 0.717) is 23.9 Å². The minimum absolute atomic E-state index is 0.267. The average Bonchev–Trinajstić information content (AvgIpc) is 3.09. The molecule has 0 aromatic carbocycles. The Morgan fingerprint density at radius 1 is 0.449 bits per heavy atom. The maximum Gasteiger partial charge on any atom is 0.310 e. The number of esters is 2. The van der Waals surface area contributed by atoms with Gasteiger partial charge in [-0.1, -0.05) is 194 Å². The second-order valence-corrected chi connectivity index (χ2v) is 15.6. The molecule has 0 heterocycles. The number of likely N-dealkylation sites (N-methyl/N-ethyl adjacent to an activating group) is 1. The Morgan fingerprint density at radius 3 is 0.980 bits per heavy atom. The summed E-state index contributed by atoms with van der Waals surface area (Å²) < 4.78 is 12.0. The number of aliphatic hydroxyl groups excluding tert-OH is 1. The van der Waals surface area contributed by atoms with Gasteiger partial charge in [0.15, 0.2) is 0 Å². The van der Waals surface area contributed by atoms with E-state index < -0.39 is 12.3 Å². The molecule has 0 aromatic rings.